The second-order valence-electron chi connectivity index (χ2n) is 3.89. The molecule has 0 bridgehead atoms. The summed E-state index contributed by atoms with van der Waals surface area (Å²) in [6.45, 7) is 0.585. The topological polar surface area (TPSA) is 65.8 Å². The van der Waals surface area contributed by atoms with Crippen LogP contribution in [0.1, 0.15) is 18.5 Å². The summed E-state index contributed by atoms with van der Waals surface area (Å²) in [7, 11) is 0. The Morgan fingerprint density at radius 2 is 2.11 bits per heavy atom. The molecule has 104 valence electrons. The first-order valence-electron chi connectivity index (χ1n) is 5.53. The summed E-state index contributed by atoms with van der Waals surface area (Å²) >= 11 is 0. The van der Waals surface area contributed by atoms with Crippen LogP contribution in [0.15, 0.2) is 21.5 Å². The van der Waals surface area contributed by atoms with E-state index in [-0.39, 0.29) is 12.4 Å². The number of alkyl halides is 3. The van der Waals surface area contributed by atoms with Crippen LogP contribution >= 0.6 is 0 Å². The van der Waals surface area contributed by atoms with E-state index in [1.165, 1.54) is 12.3 Å². The molecule has 0 fully saturated rings. The number of nitrogens with zero attached hydrogens (tertiary/aromatic N) is 4. The van der Waals surface area contributed by atoms with Crippen LogP contribution < -0.4 is 5.76 Å². The van der Waals surface area contributed by atoms with Crippen LogP contribution in [0.25, 0.3) is 0 Å². The van der Waals surface area contributed by atoms with Crippen molar-refractivity contribution in [3.8, 4) is 0 Å². The fraction of sp³-hybridized carbons (Fsp3) is 0.500. The first kappa shape index (κ1) is 13.4. The zero-order valence-electron chi connectivity index (χ0n) is 10.0. The van der Waals surface area contributed by atoms with Crippen LogP contribution in [0, 0.1) is 0 Å². The average Bonchev–Trinajstić information content (AvgIpc) is 2.85. The first-order chi connectivity index (χ1) is 8.87. The molecule has 0 saturated heterocycles. The van der Waals surface area contributed by atoms with Crippen molar-refractivity contribution in [2.24, 2.45) is 0 Å². The molecular weight excluding hydrogens is 265 g/mol. The third-order valence-electron chi connectivity index (χ3n) is 2.30. The van der Waals surface area contributed by atoms with Crippen molar-refractivity contribution in [3.05, 3.63) is 34.4 Å². The Balaban J connectivity index is 2.11. The van der Waals surface area contributed by atoms with Gasteiger partial charge in [-0.2, -0.15) is 23.0 Å². The monoisotopic (exact) mass is 276 g/mol. The molecule has 0 aliphatic carbocycles. The van der Waals surface area contributed by atoms with Gasteiger partial charge in [0.2, 0.25) is 5.89 Å². The third kappa shape index (κ3) is 3.46. The lowest BCUT2D eigenvalue weighted by Gasteiger charge is -2.05. The van der Waals surface area contributed by atoms with Crippen LogP contribution in [0.3, 0.4) is 0 Å². The van der Waals surface area contributed by atoms with Gasteiger partial charge in [-0.05, 0) is 6.07 Å². The van der Waals surface area contributed by atoms with Gasteiger partial charge in [-0.3, -0.25) is 4.68 Å². The van der Waals surface area contributed by atoms with Crippen LogP contribution in [-0.4, -0.2) is 25.7 Å². The Hall–Kier alpha value is -2.06. The van der Waals surface area contributed by atoms with E-state index in [0.717, 1.165) is 9.36 Å². The van der Waals surface area contributed by atoms with Gasteiger partial charge in [0.1, 0.15) is 6.54 Å². The number of aromatic nitrogens is 4. The Morgan fingerprint density at radius 1 is 1.37 bits per heavy atom. The highest BCUT2D eigenvalue weighted by Gasteiger charge is 2.28. The van der Waals surface area contributed by atoms with Gasteiger partial charge in [0, 0.05) is 12.6 Å². The van der Waals surface area contributed by atoms with Gasteiger partial charge in [0.15, 0.2) is 0 Å². The summed E-state index contributed by atoms with van der Waals surface area (Å²) in [5, 5.41) is 7.60. The molecule has 6 nitrogen and oxygen atoms in total. The van der Waals surface area contributed by atoms with E-state index in [4.69, 9.17) is 4.42 Å². The maximum Gasteiger partial charge on any atom is 0.437 e. The van der Waals surface area contributed by atoms with Crippen molar-refractivity contribution in [1.82, 2.24) is 19.6 Å². The summed E-state index contributed by atoms with van der Waals surface area (Å²) in [5.74, 6) is -0.373. The normalized spacial score (nSPS) is 12.0. The van der Waals surface area contributed by atoms with E-state index < -0.39 is 18.5 Å². The number of hydrogen-bond acceptors (Lipinski definition) is 4. The molecule has 0 aliphatic rings. The maximum atomic E-state index is 12.1. The van der Waals surface area contributed by atoms with Crippen LogP contribution in [0.5, 0.6) is 0 Å². The Bertz CT molecular complexity index is 611. The molecule has 0 radical (unpaired) electrons. The second-order valence-corrected chi connectivity index (χ2v) is 3.89. The number of halogens is 3. The lowest BCUT2D eigenvalue weighted by molar-refractivity contribution is -0.142. The van der Waals surface area contributed by atoms with Crippen molar-refractivity contribution in [3.63, 3.8) is 0 Å². The van der Waals surface area contributed by atoms with Gasteiger partial charge in [-0.15, -0.1) is 5.10 Å². The van der Waals surface area contributed by atoms with Gasteiger partial charge < -0.3 is 4.42 Å². The minimum Gasteiger partial charge on any atom is -0.392 e. The Morgan fingerprint density at radius 3 is 2.68 bits per heavy atom. The van der Waals surface area contributed by atoms with E-state index in [1.54, 1.807) is 6.92 Å². The van der Waals surface area contributed by atoms with Crippen LogP contribution in [0.2, 0.25) is 0 Å². The molecule has 0 spiro atoms. The molecule has 0 amide bonds. The molecule has 0 unspecified atom stereocenters. The third-order valence-corrected chi connectivity index (χ3v) is 2.30. The van der Waals surface area contributed by atoms with Crippen molar-refractivity contribution in [1.29, 1.82) is 0 Å². The molecule has 2 rings (SSSR count). The summed E-state index contributed by atoms with van der Waals surface area (Å²) in [6, 6.07) is 1.40. The van der Waals surface area contributed by atoms with Gasteiger partial charge >= 0.3 is 11.9 Å². The van der Waals surface area contributed by atoms with Crippen LogP contribution in [-0.2, 0) is 19.5 Å². The number of aryl methyl sites for hydroxylation is 1. The molecular formula is C10H11F3N4O2. The van der Waals surface area contributed by atoms with Crippen molar-refractivity contribution < 1.29 is 17.6 Å². The standard InChI is InChI=1S/C10H11F3N4O2/c1-2-8-15-17(9(18)19-8)5-7-3-4-16(14-7)6-10(11,12)13/h3-4H,2,5-6H2,1H3. The molecule has 0 atom stereocenters. The molecule has 2 aromatic rings. The predicted octanol–water partition coefficient (Wildman–Crippen LogP) is 1.21. The highest BCUT2D eigenvalue weighted by atomic mass is 19.4. The molecule has 0 saturated carbocycles. The molecule has 2 aromatic heterocycles. The van der Waals surface area contributed by atoms with Crippen molar-refractivity contribution in [2.45, 2.75) is 32.6 Å². The fourth-order valence-corrected chi connectivity index (χ4v) is 1.51. The van der Waals surface area contributed by atoms with E-state index in [1.807, 2.05) is 0 Å². The zero-order valence-corrected chi connectivity index (χ0v) is 10.0. The lowest BCUT2D eigenvalue weighted by Crippen LogP contribution is -2.19. The Labute approximate surface area is 105 Å². The Kier molecular flexibility index (Phi) is 3.45. The second kappa shape index (κ2) is 4.90. The van der Waals surface area contributed by atoms with Gasteiger partial charge in [-0.25, -0.2) is 4.79 Å². The number of rotatable bonds is 4. The summed E-state index contributed by atoms with van der Waals surface area (Å²) in [5.41, 5.74) is 0.308. The molecule has 9 heteroatoms. The first-order valence-corrected chi connectivity index (χ1v) is 5.53. The smallest absolute Gasteiger partial charge is 0.392 e. The van der Waals surface area contributed by atoms with Gasteiger partial charge in [-0.1, -0.05) is 6.92 Å². The van der Waals surface area contributed by atoms with E-state index in [9.17, 15) is 18.0 Å². The minimum atomic E-state index is -4.33. The molecule has 0 aromatic carbocycles. The lowest BCUT2D eigenvalue weighted by atomic mass is 10.4. The van der Waals surface area contributed by atoms with Crippen molar-refractivity contribution >= 4 is 0 Å². The van der Waals surface area contributed by atoms with E-state index >= 15 is 0 Å². The largest absolute Gasteiger partial charge is 0.437 e. The average molecular weight is 276 g/mol. The molecule has 2 heterocycles. The zero-order chi connectivity index (χ0) is 14.0. The van der Waals surface area contributed by atoms with Crippen molar-refractivity contribution in [2.75, 3.05) is 0 Å². The fourth-order valence-electron chi connectivity index (χ4n) is 1.51. The predicted molar refractivity (Wildman–Crippen MR) is 57.5 cm³/mol. The highest BCUT2D eigenvalue weighted by molar-refractivity contribution is 4.99. The molecule has 0 aliphatic heterocycles. The summed E-state index contributed by atoms with van der Waals surface area (Å²) in [6.07, 6.45) is -2.66. The number of hydrogen-bond donors (Lipinski definition) is 0. The summed E-state index contributed by atoms with van der Waals surface area (Å²) in [4.78, 5) is 11.4. The molecule has 19 heavy (non-hydrogen) atoms. The maximum absolute atomic E-state index is 12.1. The quantitative estimate of drug-likeness (QED) is 0.841. The van der Waals surface area contributed by atoms with E-state index in [0.29, 0.717) is 12.1 Å². The van der Waals surface area contributed by atoms with E-state index in [2.05, 4.69) is 10.2 Å². The minimum absolute atomic E-state index is 0.0206. The van der Waals surface area contributed by atoms with Crippen LogP contribution in [0.4, 0.5) is 13.2 Å². The van der Waals surface area contributed by atoms with Gasteiger partial charge in [0.05, 0.1) is 12.2 Å². The van der Waals surface area contributed by atoms with Gasteiger partial charge in [0.25, 0.3) is 0 Å². The SMILES string of the molecule is CCc1nn(Cc2ccn(CC(F)(F)F)n2)c(=O)o1. The highest BCUT2D eigenvalue weighted by Crippen LogP contribution is 2.16. The summed E-state index contributed by atoms with van der Waals surface area (Å²) < 4.78 is 43.0. The molecule has 0 N–H and O–H groups in total.